The Morgan fingerprint density at radius 2 is 1.70 bits per heavy atom. The van der Waals surface area contributed by atoms with Crippen LogP contribution in [0.1, 0.15) is 11.1 Å². The lowest BCUT2D eigenvalue weighted by Crippen LogP contribution is -1.98. The van der Waals surface area contributed by atoms with Gasteiger partial charge in [-0.15, -0.1) is 0 Å². The second-order valence-electron chi connectivity index (χ2n) is 4.76. The van der Waals surface area contributed by atoms with E-state index in [4.69, 9.17) is 4.74 Å². The van der Waals surface area contributed by atoms with Crippen LogP contribution in [-0.2, 0) is 16.0 Å². The number of esters is 1. The molecule has 0 spiro atoms. The van der Waals surface area contributed by atoms with Crippen LogP contribution < -0.4 is 0 Å². The van der Waals surface area contributed by atoms with E-state index in [-0.39, 0.29) is 11.7 Å². The largest absolute Gasteiger partial charge is 0.508 e. The average Bonchev–Trinajstić information content (AvgIpc) is 2.82. The van der Waals surface area contributed by atoms with Gasteiger partial charge in [-0.25, -0.2) is 4.79 Å². The first-order chi connectivity index (χ1) is 9.74. The van der Waals surface area contributed by atoms with Crippen molar-refractivity contribution in [2.24, 2.45) is 0 Å². The van der Waals surface area contributed by atoms with Crippen molar-refractivity contribution in [2.45, 2.75) is 6.42 Å². The molecule has 0 amide bonds. The van der Waals surface area contributed by atoms with Gasteiger partial charge in [-0.05, 0) is 35.3 Å². The van der Waals surface area contributed by atoms with Crippen LogP contribution in [0.15, 0.2) is 60.2 Å². The first-order valence-electron chi connectivity index (χ1n) is 6.46. The lowest BCUT2D eigenvalue weighted by Gasteiger charge is -2.04. The van der Waals surface area contributed by atoms with E-state index in [1.807, 2.05) is 30.3 Å². The number of rotatable bonds is 3. The van der Waals surface area contributed by atoms with Crippen LogP contribution in [0.2, 0.25) is 0 Å². The SMILES string of the molecule is O=C1OCC(Cc2ccccc2)=C1c1ccc(O)cc1. The smallest absolute Gasteiger partial charge is 0.339 e. The van der Waals surface area contributed by atoms with Crippen molar-refractivity contribution in [2.75, 3.05) is 6.61 Å². The highest BCUT2D eigenvalue weighted by molar-refractivity contribution is 6.19. The maximum absolute atomic E-state index is 11.9. The Morgan fingerprint density at radius 1 is 1.00 bits per heavy atom. The summed E-state index contributed by atoms with van der Waals surface area (Å²) in [4.78, 5) is 11.9. The van der Waals surface area contributed by atoms with E-state index in [2.05, 4.69) is 0 Å². The van der Waals surface area contributed by atoms with Crippen LogP contribution in [0.5, 0.6) is 5.75 Å². The van der Waals surface area contributed by atoms with E-state index in [0.29, 0.717) is 18.6 Å². The van der Waals surface area contributed by atoms with Crippen molar-refractivity contribution >= 4 is 11.5 Å². The minimum atomic E-state index is -0.290. The van der Waals surface area contributed by atoms with Gasteiger partial charge >= 0.3 is 5.97 Å². The van der Waals surface area contributed by atoms with E-state index in [0.717, 1.165) is 16.7 Å². The highest BCUT2D eigenvalue weighted by Crippen LogP contribution is 2.29. The van der Waals surface area contributed by atoms with Crippen molar-refractivity contribution < 1.29 is 14.6 Å². The summed E-state index contributed by atoms with van der Waals surface area (Å²) in [5.74, 6) is -0.105. The third kappa shape index (κ3) is 2.43. The standard InChI is InChI=1S/C17H14O3/c18-15-8-6-13(7-9-15)16-14(11-20-17(16)19)10-12-4-2-1-3-5-12/h1-9,18H,10-11H2. The van der Waals surface area contributed by atoms with Gasteiger partial charge in [0.25, 0.3) is 0 Å². The maximum atomic E-state index is 11.9. The predicted octanol–water partition coefficient (Wildman–Crippen LogP) is 2.95. The third-order valence-electron chi connectivity index (χ3n) is 3.35. The van der Waals surface area contributed by atoms with E-state index < -0.39 is 0 Å². The minimum absolute atomic E-state index is 0.185. The number of benzene rings is 2. The Bertz CT molecular complexity index is 654. The number of aromatic hydroxyl groups is 1. The first kappa shape index (κ1) is 12.5. The van der Waals surface area contributed by atoms with Gasteiger partial charge in [0.2, 0.25) is 0 Å². The van der Waals surface area contributed by atoms with Crippen LogP contribution in [0.25, 0.3) is 5.57 Å². The van der Waals surface area contributed by atoms with E-state index in [9.17, 15) is 9.90 Å². The molecule has 1 heterocycles. The Kier molecular flexibility index (Phi) is 3.25. The number of hydrogen-bond donors (Lipinski definition) is 1. The molecule has 0 radical (unpaired) electrons. The predicted molar refractivity (Wildman–Crippen MR) is 76.1 cm³/mol. The molecule has 0 saturated heterocycles. The Balaban J connectivity index is 1.97. The Labute approximate surface area is 117 Å². The molecule has 0 bridgehead atoms. The summed E-state index contributed by atoms with van der Waals surface area (Å²) >= 11 is 0. The number of phenols is 1. The maximum Gasteiger partial charge on any atom is 0.339 e. The molecule has 2 aromatic carbocycles. The van der Waals surface area contributed by atoms with Crippen LogP contribution in [0.4, 0.5) is 0 Å². The van der Waals surface area contributed by atoms with Gasteiger partial charge in [-0.1, -0.05) is 42.5 Å². The normalized spacial score (nSPS) is 14.5. The average molecular weight is 266 g/mol. The zero-order valence-corrected chi connectivity index (χ0v) is 10.9. The highest BCUT2D eigenvalue weighted by Gasteiger charge is 2.26. The monoisotopic (exact) mass is 266 g/mol. The molecule has 2 aromatic rings. The fourth-order valence-electron chi connectivity index (χ4n) is 2.37. The van der Waals surface area contributed by atoms with Gasteiger partial charge in [-0.2, -0.15) is 0 Å². The van der Waals surface area contributed by atoms with Crippen LogP contribution in [0, 0.1) is 0 Å². The molecular weight excluding hydrogens is 252 g/mol. The van der Waals surface area contributed by atoms with Crippen LogP contribution >= 0.6 is 0 Å². The number of cyclic esters (lactones) is 1. The Hall–Kier alpha value is -2.55. The second kappa shape index (κ2) is 5.21. The summed E-state index contributed by atoms with van der Waals surface area (Å²) in [6.07, 6.45) is 0.697. The molecule has 3 heteroatoms. The van der Waals surface area contributed by atoms with Gasteiger partial charge < -0.3 is 9.84 Å². The minimum Gasteiger partial charge on any atom is -0.508 e. The van der Waals surface area contributed by atoms with Crippen molar-refractivity contribution in [3.8, 4) is 5.75 Å². The van der Waals surface area contributed by atoms with Crippen molar-refractivity contribution in [1.29, 1.82) is 0 Å². The lowest BCUT2D eigenvalue weighted by molar-refractivity contribution is -0.134. The van der Waals surface area contributed by atoms with Gasteiger partial charge in [-0.3, -0.25) is 0 Å². The summed E-state index contributed by atoms with van der Waals surface area (Å²) in [6, 6.07) is 16.6. The molecule has 0 fully saturated rings. The molecule has 0 aliphatic carbocycles. The molecular formula is C17H14O3. The fraction of sp³-hybridized carbons (Fsp3) is 0.118. The summed E-state index contributed by atoms with van der Waals surface area (Å²) in [5.41, 5.74) is 3.54. The molecule has 20 heavy (non-hydrogen) atoms. The molecule has 1 N–H and O–H groups in total. The van der Waals surface area contributed by atoms with Gasteiger partial charge in [0.05, 0.1) is 5.57 Å². The quantitative estimate of drug-likeness (QED) is 0.869. The molecule has 1 aliphatic rings. The summed E-state index contributed by atoms with van der Waals surface area (Å²) < 4.78 is 5.16. The topological polar surface area (TPSA) is 46.5 Å². The summed E-state index contributed by atoms with van der Waals surface area (Å²) in [6.45, 7) is 0.337. The molecule has 100 valence electrons. The Morgan fingerprint density at radius 3 is 2.40 bits per heavy atom. The first-order valence-corrected chi connectivity index (χ1v) is 6.46. The third-order valence-corrected chi connectivity index (χ3v) is 3.35. The van der Waals surface area contributed by atoms with Crippen LogP contribution in [-0.4, -0.2) is 17.7 Å². The van der Waals surface area contributed by atoms with E-state index >= 15 is 0 Å². The van der Waals surface area contributed by atoms with Gasteiger partial charge in [0.1, 0.15) is 12.4 Å². The number of ether oxygens (including phenoxy) is 1. The van der Waals surface area contributed by atoms with Crippen LogP contribution in [0.3, 0.4) is 0 Å². The van der Waals surface area contributed by atoms with Gasteiger partial charge in [0, 0.05) is 0 Å². The zero-order valence-electron chi connectivity index (χ0n) is 10.9. The summed E-state index contributed by atoms with van der Waals surface area (Å²) in [7, 11) is 0. The fourth-order valence-corrected chi connectivity index (χ4v) is 2.37. The molecule has 0 saturated carbocycles. The number of hydrogen-bond acceptors (Lipinski definition) is 3. The van der Waals surface area contributed by atoms with Crippen molar-refractivity contribution in [3.05, 3.63) is 71.3 Å². The van der Waals surface area contributed by atoms with Gasteiger partial charge in [0.15, 0.2) is 0 Å². The zero-order chi connectivity index (χ0) is 13.9. The van der Waals surface area contributed by atoms with E-state index in [1.54, 1.807) is 24.3 Å². The molecule has 0 atom stereocenters. The molecule has 0 aromatic heterocycles. The molecule has 1 aliphatic heterocycles. The highest BCUT2D eigenvalue weighted by atomic mass is 16.5. The number of phenolic OH excluding ortho intramolecular Hbond substituents is 1. The molecule has 3 rings (SSSR count). The summed E-state index contributed by atoms with van der Waals surface area (Å²) in [5, 5.41) is 9.33. The number of carbonyl (C=O) groups excluding carboxylic acids is 1. The lowest BCUT2D eigenvalue weighted by atomic mass is 9.97. The van der Waals surface area contributed by atoms with Crippen molar-refractivity contribution in [1.82, 2.24) is 0 Å². The van der Waals surface area contributed by atoms with E-state index in [1.165, 1.54) is 0 Å². The molecule has 3 nitrogen and oxygen atoms in total. The number of carbonyl (C=O) groups is 1. The second-order valence-corrected chi connectivity index (χ2v) is 4.76. The molecule has 0 unspecified atom stereocenters. The van der Waals surface area contributed by atoms with Crippen molar-refractivity contribution in [3.63, 3.8) is 0 Å².